The monoisotopic (exact) mass is 277 g/mol. The molecule has 6 heteroatoms. The summed E-state index contributed by atoms with van der Waals surface area (Å²) >= 11 is 5.63. The molecule has 96 valence electrons. The number of amides is 1. The molecule has 1 aliphatic rings. The maximum atomic E-state index is 13.3. The van der Waals surface area contributed by atoms with Crippen LogP contribution in [0.15, 0.2) is 30.3 Å². The van der Waals surface area contributed by atoms with E-state index in [4.69, 9.17) is 11.6 Å². The number of hydrogen-bond donors (Lipinski definition) is 0. The summed E-state index contributed by atoms with van der Waals surface area (Å²) in [6, 6.07) is 7.48. The normalized spacial score (nSPS) is 13.5. The third kappa shape index (κ3) is 2.17. The molecule has 0 aliphatic carbocycles. The van der Waals surface area contributed by atoms with Gasteiger partial charge in [-0.3, -0.25) is 4.79 Å². The van der Waals surface area contributed by atoms with Crippen LogP contribution in [0, 0.1) is 5.82 Å². The lowest BCUT2D eigenvalue weighted by Gasteiger charge is -2.16. The van der Waals surface area contributed by atoms with Gasteiger partial charge in [0.05, 0.1) is 5.69 Å². The van der Waals surface area contributed by atoms with Gasteiger partial charge >= 0.3 is 0 Å². The van der Waals surface area contributed by atoms with Gasteiger partial charge in [0.2, 0.25) is 0 Å². The van der Waals surface area contributed by atoms with Gasteiger partial charge < -0.3 is 4.90 Å². The molecule has 0 unspecified atom stereocenters. The Hall–Kier alpha value is -2.01. The van der Waals surface area contributed by atoms with Gasteiger partial charge in [-0.2, -0.15) is 0 Å². The Balaban J connectivity index is 1.95. The van der Waals surface area contributed by atoms with Gasteiger partial charge in [0.25, 0.3) is 5.91 Å². The smallest absolute Gasteiger partial charge is 0.278 e. The van der Waals surface area contributed by atoms with E-state index in [1.165, 1.54) is 29.2 Å². The van der Waals surface area contributed by atoms with Crippen molar-refractivity contribution < 1.29 is 9.18 Å². The highest BCUT2D eigenvalue weighted by Crippen LogP contribution is 2.29. The van der Waals surface area contributed by atoms with Gasteiger partial charge in [-0.05, 0) is 36.2 Å². The maximum Gasteiger partial charge on any atom is 0.278 e. The van der Waals surface area contributed by atoms with Gasteiger partial charge in [0.15, 0.2) is 10.8 Å². The Morgan fingerprint density at radius 3 is 2.84 bits per heavy atom. The van der Waals surface area contributed by atoms with E-state index >= 15 is 0 Å². The predicted molar refractivity (Wildman–Crippen MR) is 68.8 cm³/mol. The van der Waals surface area contributed by atoms with Crippen molar-refractivity contribution in [1.29, 1.82) is 0 Å². The van der Waals surface area contributed by atoms with Crippen molar-refractivity contribution >= 4 is 23.2 Å². The number of anilines is 1. The summed E-state index contributed by atoms with van der Waals surface area (Å²) in [5.41, 5.74) is 1.75. The van der Waals surface area contributed by atoms with Gasteiger partial charge in [-0.15, -0.1) is 10.2 Å². The minimum absolute atomic E-state index is 0.196. The van der Waals surface area contributed by atoms with Gasteiger partial charge in [-0.25, -0.2) is 4.39 Å². The van der Waals surface area contributed by atoms with Crippen molar-refractivity contribution in [2.75, 3.05) is 11.4 Å². The van der Waals surface area contributed by atoms with Crippen LogP contribution in [0.5, 0.6) is 0 Å². The molecule has 0 N–H and O–H groups in total. The molecule has 0 bridgehead atoms. The minimum Gasteiger partial charge on any atom is -0.306 e. The van der Waals surface area contributed by atoms with Crippen LogP contribution >= 0.6 is 11.6 Å². The largest absolute Gasteiger partial charge is 0.306 e. The number of carbonyl (C=O) groups is 1. The molecule has 1 aromatic heterocycles. The summed E-state index contributed by atoms with van der Waals surface area (Å²) < 4.78 is 13.3. The van der Waals surface area contributed by atoms with Crippen LogP contribution in [0.2, 0.25) is 5.15 Å². The molecule has 0 fully saturated rings. The predicted octanol–water partition coefficient (Wildman–Crippen LogP) is 2.47. The number of rotatable bonds is 1. The summed E-state index contributed by atoms with van der Waals surface area (Å²) in [7, 11) is 0. The number of benzene rings is 1. The molecule has 1 amide bonds. The quantitative estimate of drug-likeness (QED) is 0.804. The fraction of sp³-hybridized carbons (Fsp3) is 0.154. The second-order valence-corrected chi connectivity index (χ2v) is 4.61. The van der Waals surface area contributed by atoms with Crippen molar-refractivity contribution in [3.05, 3.63) is 52.6 Å². The molecule has 0 saturated carbocycles. The molecule has 0 saturated heterocycles. The zero-order chi connectivity index (χ0) is 13.4. The number of carbonyl (C=O) groups excluding carboxylic acids is 1. The van der Waals surface area contributed by atoms with Crippen LogP contribution in [0.25, 0.3) is 0 Å². The second-order valence-electron chi connectivity index (χ2n) is 4.22. The lowest BCUT2D eigenvalue weighted by atomic mass is 10.2. The first-order valence-electron chi connectivity index (χ1n) is 5.75. The van der Waals surface area contributed by atoms with Crippen LogP contribution in [0.4, 0.5) is 10.1 Å². The van der Waals surface area contributed by atoms with E-state index < -0.39 is 0 Å². The summed E-state index contributed by atoms with van der Waals surface area (Å²) in [4.78, 5) is 13.8. The van der Waals surface area contributed by atoms with E-state index in [0.29, 0.717) is 18.7 Å². The third-order valence-corrected chi connectivity index (χ3v) is 3.24. The molecule has 2 aromatic rings. The van der Waals surface area contributed by atoms with E-state index in [1.54, 1.807) is 6.07 Å². The van der Waals surface area contributed by atoms with Gasteiger partial charge in [0.1, 0.15) is 5.82 Å². The number of hydrogen-bond acceptors (Lipinski definition) is 3. The molecular weight excluding hydrogens is 269 g/mol. The highest BCUT2D eigenvalue weighted by molar-refractivity contribution is 6.29. The Labute approximate surface area is 113 Å². The lowest BCUT2D eigenvalue weighted by molar-refractivity contribution is 0.0983. The first-order chi connectivity index (χ1) is 9.15. The van der Waals surface area contributed by atoms with Crippen molar-refractivity contribution in [3.63, 3.8) is 0 Å². The second kappa shape index (κ2) is 4.59. The van der Waals surface area contributed by atoms with Gasteiger partial charge in [-0.1, -0.05) is 17.7 Å². The topological polar surface area (TPSA) is 46.1 Å². The Morgan fingerprint density at radius 2 is 2.11 bits per heavy atom. The van der Waals surface area contributed by atoms with Crippen molar-refractivity contribution in [1.82, 2.24) is 10.2 Å². The van der Waals surface area contributed by atoms with Crippen molar-refractivity contribution in [2.24, 2.45) is 0 Å². The first kappa shape index (κ1) is 12.0. The molecule has 0 radical (unpaired) electrons. The van der Waals surface area contributed by atoms with E-state index in [9.17, 15) is 9.18 Å². The third-order valence-electron chi connectivity index (χ3n) is 3.04. The molecule has 2 heterocycles. The van der Waals surface area contributed by atoms with E-state index in [1.807, 2.05) is 0 Å². The van der Waals surface area contributed by atoms with E-state index in [2.05, 4.69) is 10.2 Å². The average Bonchev–Trinajstić information content (AvgIpc) is 2.81. The van der Waals surface area contributed by atoms with Crippen LogP contribution in [0.3, 0.4) is 0 Å². The maximum absolute atomic E-state index is 13.3. The number of halogens is 2. The summed E-state index contributed by atoms with van der Waals surface area (Å²) in [5, 5.41) is 7.62. The average molecular weight is 278 g/mol. The fourth-order valence-corrected chi connectivity index (χ4v) is 2.23. The summed E-state index contributed by atoms with van der Waals surface area (Å²) in [5.74, 6) is -0.658. The number of aromatic nitrogens is 2. The zero-order valence-corrected chi connectivity index (χ0v) is 10.6. The Morgan fingerprint density at radius 1 is 1.26 bits per heavy atom. The minimum atomic E-state index is -0.361. The Bertz CT molecular complexity index is 645. The molecule has 4 nitrogen and oxygen atoms in total. The van der Waals surface area contributed by atoms with Gasteiger partial charge in [0, 0.05) is 6.54 Å². The Kier molecular flexibility index (Phi) is 2.91. The summed E-state index contributed by atoms with van der Waals surface area (Å²) in [6.45, 7) is 0.516. The standard InChI is InChI=1S/C13H9ClFN3O/c14-12-4-3-10(16-17-12)13(19)18-6-5-8-1-2-9(15)7-11(8)18/h1-4,7H,5-6H2. The highest BCUT2D eigenvalue weighted by Gasteiger charge is 2.26. The highest BCUT2D eigenvalue weighted by atomic mass is 35.5. The molecule has 1 aliphatic heterocycles. The van der Waals surface area contributed by atoms with Crippen molar-refractivity contribution in [2.45, 2.75) is 6.42 Å². The van der Waals surface area contributed by atoms with Crippen LogP contribution in [-0.4, -0.2) is 22.6 Å². The van der Waals surface area contributed by atoms with E-state index in [0.717, 1.165) is 5.56 Å². The molecular formula is C13H9ClFN3O. The van der Waals surface area contributed by atoms with Crippen LogP contribution in [-0.2, 0) is 6.42 Å². The lowest BCUT2D eigenvalue weighted by Crippen LogP contribution is -2.29. The number of nitrogens with zero attached hydrogens (tertiary/aromatic N) is 3. The number of fused-ring (bicyclic) bond motifs is 1. The SMILES string of the molecule is O=C(c1ccc(Cl)nn1)N1CCc2ccc(F)cc21. The molecule has 3 rings (SSSR count). The van der Waals surface area contributed by atoms with E-state index in [-0.39, 0.29) is 22.6 Å². The first-order valence-corrected chi connectivity index (χ1v) is 6.12. The van der Waals surface area contributed by atoms with Crippen LogP contribution < -0.4 is 4.90 Å². The molecule has 1 aromatic carbocycles. The summed E-state index contributed by atoms with van der Waals surface area (Å²) in [6.07, 6.45) is 0.711. The molecule has 0 atom stereocenters. The van der Waals surface area contributed by atoms with Crippen LogP contribution in [0.1, 0.15) is 16.1 Å². The zero-order valence-electron chi connectivity index (χ0n) is 9.81. The van der Waals surface area contributed by atoms with Crippen molar-refractivity contribution in [3.8, 4) is 0 Å². The molecule has 0 spiro atoms. The molecule has 19 heavy (non-hydrogen) atoms. The fourth-order valence-electron chi connectivity index (χ4n) is 2.13.